The Kier molecular flexibility index (Phi) is 3.36. The average molecular weight is 318 g/mol. The van der Waals surface area contributed by atoms with Gasteiger partial charge in [-0.15, -0.1) is 0 Å². The summed E-state index contributed by atoms with van der Waals surface area (Å²) < 4.78 is 51.2. The number of alkyl halides is 2. The summed E-state index contributed by atoms with van der Waals surface area (Å²) in [4.78, 5) is 9.57. The van der Waals surface area contributed by atoms with Crippen molar-refractivity contribution in [3.63, 3.8) is 0 Å². The lowest BCUT2D eigenvalue weighted by Gasteiger charge is -2.30. The molecule has 1 fully saturated rings. The fourth-order valence-corrected chi connectivity index (χ4v) is 3.20. The molecule has 1 saturated heterocycles. The second-order valence-electron chi connectivity index (χ2n) is 5.37. The molecular weight excluding hydrogens is 302 g/mol. The van der Waals surface area contributed by atoms with Gasteiger partial charge in [0.15, 0.2) is 0 Å². The monoisotopic (exact) mass is 318 g/mol. The third-order valence-electron chi connectivity index (χ3n) is 3.75. The van der Waals surface area contributed by atoms with Gasteiger partial charge in [0, 0.05) is 44.4 Å². The molecular formula is C12H16F2N4O2S. The highest BCUT2D eigenvalue weighted by Crippen LogP contribution is 2.43. The summed E-state index contributed by atoms with van der Waals surface area (Å²) in [5, 5.41) is 2.64. The Morgan fingerprint density at radius 2 is 1.90 bits per heavy atom. The molecule has 2 heterocycles. The van der Waals surface area contributed by atoms with Crippen molar-refractivity contribution < 1.29 is 17.2 Å². The number of hydrogen-bond donors (Lipinski definition) is 1. The third-order valence-corrected chi connectivity index (χ3v) is 4.59. The zero-order valence-electron chi connectivity index (χ0n) is 11.6. The number of nitrogens with zero attached hydrogens (tertiary/aromatic N) is 3. The van der Waals surface area contributed by atoms with Gasteiger partial charge in [0.1, 0.15) is 11.5 Å². The molecule has 0 unspecified atom stereocenters. The highest BCUT2D eigenvalue weighted by Gasteiger charge is 2.44. The first kappa shape index (κ1) is 14.6. The average Bonchev–Trinajstić information content (AvgIpc) is 2.74. The van der Waals surface area contributed by atoms with E-state index in [1.165, 1.54) is 0 Å². The van der Waals surface area contributed by atoms with Gasteiger partial charge in [0.05, 0.1) is 0 Å². The largest absolute Gasteiger partial charge is 0.354 e. The molecule has 21 heavy (non-hydrogen) atoms. The van der Waals surface area contributed by atoms with Crippen LogP contribution < -0.4 is 10.2 Å². The van der Waals surface area contributed by atoms with Gasteiger partial charge in [0.25, 0.3) is 5.92 Å². The SMILES string of the molecule is CS(=O)(=O)c1nc(N2CCNCC2)c2c(n1)C(F)(F)CC2. The smallest absolute Gasteiger partial charge is 0.290 e. The van der Waals surface area contributed by atoms with E-state index in [9.17, 15) is 17.2 Å². The summed E-state index contributed by atoms with van der Waals surface area (Å²) >= 11 is 0. The number of halogens is 2. The summed E-state index contributed by atoms with van der Waals surface area (Å²) in [6.07, 6.45) is 0.762. The first-order valence-corrected chi connectivity index (χ1v) is 8.63. The van der Waals surface area contributed by atoms with Crippen LogP contribution in [0.4, 0.5) is 14.6 Å². The number of nitrogens with one attached hydrogen (secondary N) is 1. The summed E-state index contributed by atoms with van der Waals surface area (Å²) in [5.41, 5.74) is -0.0410. The van der Waals surface area contributed by atoms with Crippen molar-refractivity contribution in [3.8, 4) is 0 Å². The van der Waals surface area contributed by atoms with Gasteiger partial charge in [-0.05, 0) is 6.42 Å². The fourth-order valence-electron chi connectivity index (χ4n) is 2.69. The van der Waals surface area contributed by atoms with E-state index in [0.717, 1.165) is 6.26 Å². The predicted molar refractivity (Wildman–Crippen MR) is 72.4 cm³/mol. The molecule has 9 heteroatoms. The molecule has 0 saturated carbocycles. The summed E-state index contributed by atoms with van der Waals surface area (Å²) in [6.45, 7) is 2.64. The van der Waals surface area contributed by atoms with Crippen molar-refractivity contribution in [1.82, 2.24) is 15.3 Å². The van der Waals surface area contributed by atoms with Gasteiger partial charge < -0.3 is 10.2 Å². The van der Waals surface area contributed by atoms with E-state index < -0.39 is 26.6 Å². The highest BCUT2D eigenvalue weighted by molar-refractivity contribution is 7.90. The standard InChI is InChI=1S/C12H16F2N4O2S/c1-21(19,20)11-16-9-8(2-3-12(9,13)14)10(17-11)18-6-4-15-5-7-18/h15H,2-7H2,1H3. The molecule has 0 bridgehead atoms. The Bertz CT molecular complexity index is 672. The van der Waals surface area contributed by atoms with E-state index in [4.69, 9.17) is 0 Å². The van der Waals surface area contributed by atoms with Crippen LogP contribution in [-0.2, 0) is 22.2 Å². The molecule has 0 spiro atoms. The van der Waals surface area contributed by atoms with Crippen molar-refractivity contribution in [2.24, 2.45) is 0 Å². The second-order valence-corrected chi connectivity index (χ2v) is 7.28. The van der Waals surface area contributed by atoms with Gasteiger partial charge in [-0.3, -0.25) is 0 Å². The Balaban J connectivity index is 2.17. The summed E-state index contributed by atoms with van der Waals surface area (Å²) in [5.74, 6) is -2.74. The van der Waals surface area contributed by atoms with E-state index in [0.29, 0.717) is 37.6 Å². The Morgan fingerprint density at radius 1 is 1.24 bits per heavy atom. The highest BCUT2D eigenvalue weighted by atomic mass is 32.2. The first-order chi connectivity index (χ1) is 9.79. The third kappa shape index (κ3) is 2.59. The molecule has 1 aliphatic carbocycles. The molecule has 1 aromatic heterocycles. The van der Waals surface area contributed by atoms with Crippen LogP contribution in [0, 0.1) is 0 Å². The normalized spacial score (nSPS) is 21.4. The number of anilines is 1. The topological polar surface area (TPSA) is 75.2 Å². The summed E-state index contributed by atoms with van der Waals surface area (Å²) in [7, 11) is -3.73. The van der Waals surface area contributed by atoms with Crippen LogP contribution >= 0.6 is 0 Å². The minimum Gasteiger partial charge on any atom is -0.354 e. The van der Waals surface area contributed by atoms with E-state index in [1.807, 2.05) is 4.90 Å². The van der Waals surface area contributed by atoms with E-state index in [-0.39, 0.29) is 12.8 Å². The van der Waals surface area contributed by atoms with Crippen LogP contribution in [0.5, 0.6) is 0 Å². The molecule has 3 rings (SSSR count). The number of sulfone groups is 1. The Labute approximate surface area is 121 Å². The second kappa shape index (κ2) is 4.84. The van der Waals surface area contributed by atoms with Crippen molar-refractivity contribution in [3.05, 3.63) is 11.3 Å². The van der Waals surface area contributed by atoms with Crippen LogP contribution in [0.2, 0.25) is 0 Å². The van der Waals surface area contributed by atoms with Crippen LogP contribution in [0.1, 0.15) is 17.7 Å². The van der Waals surface area contributed by atoms with Gasteiger partial charge in [-0.25, -0.2) is 18.4 Å². The lowest BCUT2D eigenvalue weighted by atomic mass is 10.2. The first-order valence-electron chi connectivity index (χ1n) is 6.74. The number of hydrogen-bond acceptors (Lipinski definition) is 6. The number of aromatic nitrogens is 2. The zero-order valence-corrected chi connectivity index (χ0v) is 12.4. The van der Waals surface area contributed by atoms with E-state index in [1.54, 1.807) is 0 Å². The van der Waals surface area contributed by atoms with Crippen LogP contribution in [0.25, 0.3) is 0 Å². The van der Waals surface area contributed by atoms with Crippen molar-refractivity contribution in [2.75, 3.05) is 37.3 Å². The van der Waals surface area contributed by atoms with Gasteiger partial charge in [0.2, 0.25) is 15.0 Å². The number of piperazine rings is 1. The van der Waals surface area contributed by atoms with Crippen LogP contribution in [0.3, 0.4) is 0 Å². The molecule has 0 atom stereocenters. The fraction of sp³-hybridized carbons (Fsp3) is 0.667. The molecule has 1 aromatic rings. The van der Waals surface area contributed by atoms with E-state index in [2.05, 4.69) is 15.3 Å². The number of rotatable bonds is 2. The molecule has 0 amide bonds. The lowest BCUT2D eigenvalue weighted by Crippen LogP contribution is -2.44. The molecule has 1 N–H and O–H groups in total. The zero-order chi connectivity index (χ0) is 15.3. The van der Waals surface area contributed by atoms with Crippen molar-refractivity contribution >= 4 is 15.7 Å². The molecule has 1 aliphatic heterocycles. The Hall–Kier alpha value is -1.35. The molecule has 6 nitrogen and oxygen atoms in total. The van der Waals surface area contributed by atoms with Gasteiger partial charge >= 0.3 is 0 Å². The Morgan fingerprint density at radius 3 is 2.52 bits per heavy atom. The minimum atomic E-state index is -3.73. The minimum absolute atomic E-state index is 0.172. The quantitative estimate of drug-likeness (QED) is 0.792. The maximum Gasteiger partial charge on any atom is 0.290 e. The van der Waals surface area contributed by atoms with Crippen LogP contribution in [-0.4, -0.2) is 50.8 Å². The van der Waals surface area contributed by atoms with Crippen LogP contribution in [0.15, 0.2) is 5.16 Å². The van der Waals surface area contributed by atoms with Crippen molar-refractivity contribution in [1.29, 1.82) is 0 Å². The molecule has 0 aromatic carbocycles. The molecule has 2 aliphatic rings. The van der Waals surface area contributed by atoms with Gasteiger partial charge in [-0.2, -0.15) is 8.78 Å². The van der Waals surface area contributed by atoms with E-state index >= 15 is 0 Å². The van der Waals surface area contributed by atoms with Gasteiger partial charge in [-0.1, -0.05) is 0 Å². The summed E-state index contributed by atoms with van der Waals surface area (Å²) in [6, 6.07) is 0. The molecule has 0 radical (unpaired) electrons. The van der Waals surface area contributed by atoms with Crippen molar-refractivity contribution in [2.45, 2.75) is 23.9 Å². The predicted octanol–water partition coefficient (Wildman–Crippen LogP) is 0.328. The lowest BCUT2D eigenvalue weighted by molar-refractivity contribution is -0.00652. The molecule has 116 valence electrons. The number of fused-ring (bicyclic) bond motifs is 1. The maximum atomic E-state index is 13.9. The maximum absolute atomic E-state index is 13.9.